The number of β-amino-alcohol motifs (C(OH)–C–C–N with tert-alkyl or cyclic N) is 1. The molecule has 30 heavy (non-hydrogen) atoms. The monoisotopic (exact) mass is 406 g/mol. The Morgan fingerprint density at radius 3 is 2.73 bits per heavy atom. The molecule has 8 heteroatoms. The van der Waals surface area contributed by atoms with Gasteiger partial charge in [0.1, 0.15) is 0 Å². The first-order valence-corrected chi connectivity index (χ1v) is 10.7. The summed E-state index contributed by atoms with van der Waals surface area (Å²) in [6.45, 7) is 1.17. The number of carbonyl (C=O) groups is 1. The Balaban J connectivity index is 1.22. The summed E-state index contributed by atoms with van der Waals surface area (Å²) in [7, 11) is 0. The average Bonchev–Trinajstić information content (AvgIpc) is 3.40. The molecule has 2 fully saturated rings. The highest BCUT2D eigenvalue weighted by atomic mass is 16.3. The highest BCUT2D eigenvalue weighted by molar-refractivity contribution is 5.80. The van der Waals surface area contributed by atoms with E-state index in [2.05, 4.69) is 20.4 Å². The molecule has 2 N–H and O–H groups in total. The molecule has 8 nitrogen and oxygen atoms in total. The van der Waals surface area contributed by atoms with Gasteiger partial charge < -0.3 is 15.3 Å². The van der Waals surface area contributed by atoms with Crippen molar-refractivity contribution in [1.82, 2.24) is 24.6 Å². The Labute approximate surface area is 174 Å². The molecule has 1 amide bonds. The summed E-state index contributed by atoms with van der Waals surface area (Å²) in [5.74, 6) is 1.58. The van der Waals surface area contributed by atoms with Crippen molar-refractivity contribution < 1.29 is 9.90 Å². The summed E-state index contributed by atoms with van der Waals surface area (Å²) >= 11 is 0. The maximum Gasteiger partial charge on any atom is 0.225 e. The van der Waals surface area contributed by atoms with Crippen molar-refractivity contribution in [2.75, 3.05) is 18.4 Å². The molecular weight excluding hydrogens is 380 g/mol. The maximum absolute atomic E-state index is 12.7. The van der Waals surface area contributed by atoms with Crippen LogP contribution in [0, 0.1) is 5.92 Å². The van der Waals surface area contributed by atoms with Gasteiger partial charge in [-0.15, -0.1) is 0 Å². The third-order valence-electron chi connectivity index (χ3n) is 6.22. The van der Waals surface area contributed by atoms with Crippen LogP contribution in [0.2, 0.25) is 0 Å². The molecule has 3 aromatic rings. The number of aliphatic hydroxyl groups is 1. The lowest BCUT2D eigenvalue weighted by Gasteiger charge is -2.30. The number of nitrogens with one attached hydrogen (secondary N) is 1. The predicted molar refractivity (Wildman–Crippen MR) is 113 cm³/mol. The number of nitrogens with zero attached hydrogens (tertiary/aromatic N) is 5. The number of amides is 1. The van der Waals surface area contributed by atoms with Gasteiger partial charge in [-0.05, 0) is 38.2 Å². The van der Waals surface area contributed by atoms with Gasteiger partial charge in [0.05, 0.1) is 17.8 Å². The summed E-state index contributed by atoms with van der Waals surface area (Å²) in [6.07, 6.45) is 7.44. The lowest BCUT2D eigenvalue weighted by atomic mass is 9.85. The lowest BCUT2D eigenvalue weighted by molar-refractivity contribution is -0.135. The molecule has 156 valence electrons. The predicted octanol–water partition coefficient (Wildman–Crippen LogP) is 2.38. The van der Waals surface area contributed by atoms with Gasteiger partial charge in [-0.3, -0.25) is 4.79 Å². The van der Waals surface area contributed by atoms with E-state index in [0.717, 1.165) is 42.4 Å². The van der Waals surface area contributed by atoms with E-state index in [4.69, 9.17) is 0 Å². The van der Waals surface area contributed by atoms with Crippen LogP contribution in [0.15, 0.2) is 42.7 Å². The number of hydrogen-bond acceptors (Lipinski definition) is 6. The second-order valence-corrected chi connectivity index (χ2v) is 8.27. The molecule has 3 heterocycles. The summed E-state index contributed by atoms with van der Waals surface area (Å²) in [4.78, 5) is 23.5. The van der Waals surface area contributed by atoms with Crippen LogP contribution in [0.25, 0.3) is 16.7 Å². The van der Waals surface area contributed by atoms with E-state index in [9.17, 15) is 9.90 Å². The van der Waals surface area contributed by atoms with Gasteiger partial charge in [-0.2, -0.15) is 10.1 Å². The van der Waals surface area contributed by atoms with Gasteiger partial charge in [0.25, 0.3) is 0 Å². The zero-order valence-electron chi connectivity index (χ0n) is 16.8. The molecule has 1 saturated carbocycles. The fourth-order valence-electron chi connectivity index (χ4n) is 4.56. The van der Waals surface area contributed by atoms with E-state index in [1.54, 1.807) is 6.20 Å². The average molecular weight is 406 g/mol. The molecule has 2 aliphatic rings. The van der Waals surface area contributed by atoms with Crippen molar-refractivity contribution in [3.05, 3.63) is 42.7 Å². The van der Waals surface area contributed by atoms with Crippen LogP contribution in [-0.4, -0.2) is 60.9 Å². The number of benzene rings is 1. The van der Waals surface area contributed by atoms with Crippen LogP contribution in [0.3, 0.4) is 0 Å². The minimum atomic E-state index is -0.358. The first kappa shape index (κ1) is 19.0. The van der Waals surface area contributed by atoms with Crippen LogP contribution < -0.4 is 5.32 Å². The summed E-state index contributed by atoms with van der Waals surface area (Å²) in [5.41, 5.74) is 1.01. The molecule has 5 rings (SSSR count). The van der Waals surface area contributed by atoms with E-state index in [0.29, 0.717) is 25.5 Å². The second-order valence-electron chi connectivity index (χ2n) is 8.27. The quantitative estimate of drug-likeness (QED) is 0.691. The van der Waals surface area contributed by atoms with E-state index < -0.39 is 0 Å². The van der Waals surface area contributed by atoms with Crippen molar-refractivity contribution >= 4 is 22.8 Å². The van der Waals surface area contributed by atoms with E-state index in [1.165, 1.54) is 0 Å². The van der Waals surface area contributed by atoms with Gasteiger partial charge >= 0.3 is 0 Å². The number of hydrogen-bond donors (Lipinski definition) is 2. The number of aliphatic hydroxyl groups excluding tert-OH is 1. The highest BCUT2D eigenvalue weighted by Crippen LogP contribution is 2.29. The van der Waals surface area contributed by atoms with E-state index in [-0.39, 0.29) is 24.0 Å². The van der Waals surface area contributed by atoms with Crippen molar-refractivity contribution in [2.45, 2.75) is 44.2 Å². The molecule has 1 aliphatic heterocycles. The number of likely N-dealkylation sites (tertiary alicyclic amines) is 1. The van der Waals surface area contributed by atoms with Crippen molar-refractivity contribution in [3.8, 4) is 5.82 Å². The number of para-hydroxylation sites is 1. The Morgan fingerprint density at radius 1 is 1.10 bits per heavy atom. The van der Waals surface area contributed by atoms with Crippen LogP contribution in [-0.2, 0) is 4.79 Å². The molecule has 2 aromatic heterocycles. The minimum absolute atomic E-state index is 0.0658. The molecule has 1 atom stereocenters. The SMILES string of the molecule is O=C(C1CCC(Nc2nccc(-n3ncc4ccccc43)n2)CC1)N1CC[C@@H](O)C1. The second kappa shape index (κ2) is 8.02. The van der Waals surface area contributed by atoms with Crippen LogP contribution in [0.4, 0.5) is 5.95 Å². The maximum atomic E-state index is 12.7. The zero-order chi connectivity index (χ0) is 20.5. The van der Waals surface area contributed by atoms with Crippen LogP contribution >= 0.6 is 0 Å². The molecule has 0 spiro atoms. The Bertz CT molecular complexity index is 1040. The fraction of sp³-hybridized carbons (Fsp3) is 0.455. The Kier molecular flexibility index (Phi) is 5.08. The van der Waals surface area contributed by atoms with Crippen molar-refractivity contribution in [2.24, 2.45) is 5.92 Å². The third-order valence-corrected chi connectivity index (χ3v) is 6.22. The van der Waals surface area contributed by atoms with Crippen molar-refractivity contribution in [3.63, 3.8) is 0 Å². The summed E-state index contributed by atoms with van der Waals surface area (Å²) in [5, 5.41) is 18.7. The first-order chi connectivity index (χ1) is 14.7. The highest BCUT2D eigenvalue weighted by Gasteiger charge is 2.32. The number of fused-ring (bicyclic) bond motifs is 1. The van der Waals surface area contributed by atoms with Gasteiger partial charge in [0.15, 0.2) is 5.82 Å². The number of aromatic nitrogens is 4. The molecule has 0 bridgehead atoms. The number of anilines is 1. The molecule has 0 unspecified atom stereocenters. The molecule has 1 saturated heterocycles. The van der Waals surface area contributed by atoms with Gasteiger partial charge in [-0.1, -0.05) is 18.2 Å². The summed E-state index contributed by atoms with van der Waals surface area (Å²) < 4.78 is 1.82. The smallest absolute Gasteiger partial charge is 0.225 e. The standard InChI is InChI=1S/C22H26N6O2/c29-18-10-12-27(14-18)21(30)15-5-7-17(8-6-15)25-22-23-11-9-20(26-22)28-19-4-2-1-3-16(19)13-24-28/h1-4,9,11,13,15,17-18,29H,5-8,10,12,14H2,(H,23,25,26)/t15?,17?,18-/m1/s1. The normalized spacial score (nSPS) is 24.3. The molecular formula is C22H26N6O2. The van der Waals surface area contributed by atoms with Crippen molar-refractivity contribution in [1.29, 1.82) is 0 Å². The number of rotatable bonds is 4. The summed E-state index contributed by atoms with van der Waals surface area (Å²) in [6, 6.07) is 10.1. The topological polar surface area (TPSA) is 96.2 Å². The molecule has 0 radical (unpaired) electrons. The first-order valence-electron chi connectivity index (χ1n) is 10.7. The van der Waals surface area contributed by atoms with Gasteiger partial charge in [0, 0.05) is 42.7 Å². The van der Waals surface area contributed by atoms with Crippen LogP contribution in [0.1, 0.15) is 32.1 Å². The minimum Gasteiger partial charge on any atom is -0.391 e. The van der Waals surface area contributed by atoms with Gasteiger partial charge in [-0.25, -0.2) is 9.67 Å². The molecule has 1 aliphatic carbocycles. The Hall–Kier alpha value is -3.00. The van der Waals surface area contributed by atoms with E-state index >= 15 is 0 Å². The van der Waals surface area contributed by atoms with Crippen LogP contribution in [0.5, 0.6) is 0 Å². The largest absolute Gasteiger partial charge is 0.391 e. The Morgan fingerprint density at radius 2 is 1.93 bits per heavy atom. The number of carbonyl (C=O) groups excluding carboxylic acids is 1. The fourth-order valence-corrected chi connectivity index (χ4v) is 4.56. The molecule has 1 aromatic carbocycles. The third kappa shape index (κ3) is 3.75. The lowest BCUT2D eigenvalue weighted by Crippen LogP contribution is -2.38. The van der Waals surface area contributed by atoms with Gasteiger partial charge in [0.2, 0.25) is 11.9 Å². The zero-order valence-corrected chi connectivity index (χ0v) is 16.8. The van der Waals surface area contributed by atoms with E-state index in [1.807, 2.05) is 46.1 Å².